The molecule has 0 aliphatic carbocycles. The Labute approximate surface area is 496 Å². The highest BCUT2D eigenvalue weighted by Gasteiger charge is 2.31. The van der Waals surface area contributed by atoms with Crippen molar-refractivity contribution in [3.8, 4) is 0 Å². The number of aliphatic hydroxyl groups is 2. The van der Waals surface area contributed by atoms with Gasteiger partial charge < -0.3 is 40.6 Å². The Morgan fingerprint density at radius 3 is 1.19 bits per heavy atom. The summed E-state index contributed by atoms with van der Waals surface area (Å²) in [6.07, 6.45) is 19.4. The number of aliphatic imine (C=N–C) groups is 6. The number of hydrogen-bond acceptors (Lipinski definition) is 12. The van der Waals surface area contributed by atoms with Gasteiger partial charge >= 0.3 is 23.9 Å². The van der Waals surface area contributed by atoms with Crippen molar-refractivity contribution in [3.63, 3.8) is 0 Å². The molecule has 0 radical (unpaired) electrons. The van der Waals surface area contributed by atoms with Gasteiger partial charge in [0.05, 0.1) is 90.7 Å². The molecular formula is C68H68N8O10. The van der Waals surface area contributed by atoms with Crippen LogP contribution >= 0.6 is 0 Å². The van der Waals surface area contributed by atoms with Gasteiger partial charge in [-0.05, 0) is 216 Å². The Bertz CT molecular complexity index is 4450. The SMILES string of the molecule is CC1=C(/C=C/C(C)C2=C(C)C3=NC2=Cc2[nH]c(/c(=C(\C)O)c2C)=CC2=NC(=CC4=NC(=C3)C(C)=C4CCC(=O)O)C(CCC(=O)O)=C2C)C2=Cc3[nH]c(/c(=C(\C)O)c3C)=CC3=NC(=CC4=NC(=CC1=N2)C(C)=C4CCC(=O)O)C(CCC(=O)O)=C3C. The molecule has 86 heavy (non-hydrogen) atoms. The van der Waals surface area contributed by atoms with E-state index in [1.54, 1.807) is 13.8 Å². The van der Waals surface area contributed by atoms with E-state index >= 15 is 0 Å². The Morgan fingerprint density at radius 1 is 0.419 bits per heavy atom. The molecular weight excluding hydrogens is 1090 g/mol. The fourth-order valence-corrected chi connectivity index (χ4v) is 12.4. The molecule has 0 saturated carbocycles. The van der Waals surface area contributed by atoms with E-state index in [0.29, 0.717) is 101 Å². The molecule has 18 heteroatoms. The van der Waals surface area contributed by atoms with Crippen LogP contribution < -0.4 is 21.1 Å². The zero-order valence-corrected chi connectivity index (χ0v) is 50.0. The summed E-state index contributed by atoms with van der Waals surface area (Å²) in [5.41, 5.74) is 19.3. The van der Waals surface area contributed by atoms with Crippen LogP contribution in [0.1, 0.15) is 136 Å². The van der Waals surface area contributed by atoms with E-state index < -0.39 is 23.9 Å². The summed E-state index contributed by atoms with van der Waals surface area (Å²) in [4.78, 5) is 86.0. The second-order valence-electron chi connectivity index (χ2n) is 22.7. The average molecular weight is 1160 g/mol. The van der Waals surface area contributed by atoms with Crippen molar-refractivity contribution >= 4 is 94.0 Å². The third-order valence-electron chi connectivity index (χ3n) is 17.1. The molecule has 0 saturated heterocycles. The lowest BCUT2D eigenvalue weighted by Crippen LogP contribution is -2.27. The molecule has 0 amide bonds. The monoisotopic (exact) mass is 1160 g/mol. The molecule has 18 nitrogen and oxygen atoms in total. The molecule has 10 rings (SSSR count). The summed E-state index contributed by atoms with van der Waals surface area (Å²) >= 11 is 0. The topological polar surface area (TPSA) is 295 Å². The number of carboxylic acid groups (broad SMARTS) is 4. The second kappa shape index (κ2) is 23.3. The van der Waals surface area contributed by atoms with Gasteiger partial charge in [0.1, 0.15) is 0 Å². The third kappa shape index (κ3) is 11.3. The van der Waals surface area contributed by atoms with Crippen molar-refractivity contribution in [2.45, 2.75) is 128 Å². The van der Waals surface area contributed by atoms with Crippen LogP contribution in [0.3, 0.4) is 0 Å². The zero-order chi connectivity index (χ0) is 61.9. The van der Waals surface area contributed by atoms with Crippen LogP contribution in [0.2, 0.25) is 0 Å². The van der Waals surface area contributed by atoms with Gasteiger partial charge in [-0.15, -0.1) is 0 Å². The number of aliphatic hydroxyl groups excluding tert-OH is 2. The van der Waals surface area contributed by atoms with E-state index in [2.05, 4.69) is 29.0 Å². The highest BCUT2D eigenvalue weighted by atomic mass is 16.4. The highest BCUT2D eigenvalue weighted by Crippen LogP contribution is 2.40. The van der Waals surface area contributed by atoms with Crippen LogP contribution in [-0.2, 0) is 19.2 Å². The fraction of sp³-hybridized carbons (Fsp3) is 0.294. The summed E-state index contributed by atoms with van der Waals surface area (Å²) in [6.45, 7) is 20.8. The first kappa shape index (κ1) is 59.3. The lowest BCUT2D eigenvalue weighted by atomic mass is 9.91. The Hall–Kier alpha value is -9.84. The summed E-state index contributed by atoms with van der Waals surface area (Å²) in [7, 11) is 0. The van der Waals surface area contributed by atoms with Crippen molar-refractivity contribution in [2.24, 2.45) is 35.9 Å². The Kier molecular flexibility index (Phi) is 16.1. The Balaban J connectivity index is 1.14. The predicted molar refractivity (Wildman–Crippen MR) is 337 cm³/mol. The molecule has 2 aromatic rings. The van der Waals surface area contributed by atoms with Gasteiger partial charge in [-0.3, -0.25) is 19.2 Å². The first-order valence-corrected chi connectivity index (χ1v) is 28.6. The molecule has 1 atom stereocenters. The molecule has 0 aromatic carbocycles. The molecule has 440 valence electrons. The van der Waals surface area contributed by atoms with Crippen molar-refractivity contribution in [1.29, 1.82) is 0 Å². The van der Waals surface area contributed by atoms with Gasteiger partial charge in [0.15, 0.2) is 0 Å². The molecule has 0 fully saturated rings. The number of allylic oxidation sites excluding steroid dienone is 17. The van der Waals surface area contributed by atoms with Crippen LogP contribution in [0.5, 0.6) is 0 Å². The molecule has 8 N–H and O–H groups in total. The molecule has 16 bridgehead atoms. The van der Waals surface area contributed by atoms with Crippen LogP contribution in [0.25, 0.3) is 35.8 Å². The smallest absolute Gasteiger partial charge is 0.303 e. The summed E-state index contributed by atoms with van der Waals surface area (Å²) < 4.78 is 0. The number of rotatable bonds is 15. The highest BCUT2D eigenvalue weighted by molar-refractivity contribution is 6.25. The van der Waals surface area contributed by atoms with E-state index in [0.717, 1.165) is 78.0 Å². The van der Waals surface area contributed by atoms with Crippen LogP contribution in [0.4, 0.5) is 0 Å². The van der Waals surface area contributed by atoms with E-state index in [9.17, 15) is 49.8 Å². The zero-order valence-electron chi connectivity index (χ0n) is 50.0. The number of hydrogen-bond donors (Lipinski definition) is 8. The predicted octanol–water partition coefficient (Wildman–Crippen LogP) is 10.1. The average Bonchev–Trinajstić information content (AvgIpc) is 2.44. The number of fused-ring (bicyclic) bond motifs is 10. The van der Waals surface area contributed by atoms with Gasteiger partial charge in [0.2, 0.25) is 0 Å². The van der Waals surface area contributed by atoms with Crippen molar-refractivity contribution < 1.29 is 49.8 Å². The van der Waals surface area contributed by atoms with Gasteiger partial charge in [0, 0.05) is 59.0 Å². The van der Waals surface area contributed by atoms with E-state index in [-0.39, 0.29) is 68.8 Å². The number of carbonyl (C=O) groups is 4. The number of nitrogens with zero attached hydrogens (tertiary/aromatic N) is 6. The number of aliphatic carboxylic acids is 4. The maximum absolute atomic E-state index is 12.1. The van der Waals surface area contributed by atoms with E-state index in [1.807, 2.05) is 104 Å². The lowest BCUT2D eigenvalue weighted by molar-refractivity contribution is -0.137. The summed E-state index contributed by atoms with van der Waals surface area (Å²) in [5.74, 6) is -3.98. The molecule has 10 heterocycles. The summed E-state index contributed by atoms with van der Waals surface area (Å²) in [5, 5.41) is 64.1. The van der Waals surface area contributed by atoms with Gasteiger partial charge in [-0.2, -0.15) is 0 Å². The normalized spacial score (nSPS) is 19.3. The number of aromatic amines is 2. The standard InChI is InChI=1S/C68H68N8O10/c1-30(66-36(7)51-23-48-33(4)43(15-19-63(81)82)56(71-48)29-58-45(17-21-65(85)86)35(6)50(73-58)26-61-68(40(11)78)38(9)53(76-61)27-59(66)74-51)12-13-41-31(2)46-22-47-32(3)42(14-18-62(79)80)55(70-47)28-57-44(16-20-64(83)84)34(5)49(72-57)25-60-67(39(10)77)37(8)52(75-60)24-54(41)69-46/h12-13,22-30,75-78H,14-21H2,1-11H3,(H,79,80)(H,81,82)(H,83,84)(H,85,86)/b13-12+,47-22?,48-23?,54-24?,57-28?,58-29?,59-27?,60-25?,61-26?,67-39+,68-40+. The van der Waals surface area contributed by atoms with Gasteiger partial charge in [-0.25, -0.2) is 30.0 Å². The number of carboxylic acids is 4. The first-order valence-electron chi connectivity index (χ1n) is 28.6. The summed E-state index contributed by atoms with van der Waals surface area (Å²) in [6, 6.07) is 0. The largest absolute Gasteiger partial charge is 0.512 e. The van der Waals surface area contributed by atoms with Crippen molar-refractivity contribution in [3.05, 3.63) is 181 Å². The lowest BCUT2D eigenvalue weighted by Gasteiger charge is -2.12. The van der Waals surface area contributed by atoms with Gasteiger partial charge in [-0.1, -0.05) is 19.1 Å². The number of aromatic nitrogens is 2. The maximum Gasteiger partial charge on any atom is 0.303 e. The van der Waals surface area contributed by atoms with Crippen LogP contribution in [-0.4, -0.2) is 98.8 Å². The quantitative estimate of drug-likeness (QED) is 0.0834. The Morgan fingerprint density at radius 2 is 0.767 bits per heavy atom. The molecule has 2 aromatic heterocycles. The molecule has 8 aliphatic heterocycles. The number of nitrogens with one attached hydrogen (secondary N) is 2. The minimum absolute atomic E-state index is 0.0790. The molecule has 1 unspecified atom stereocenters. The molecule has 0 spiro atoms. The van der Waals surface area contributed by atoms with E-state index in [1.165, 1.54) is 0 Å². The van der Waals surface area contributed by atoms with Crippen molar-refractivity contribution in [1.82, 2.24) is 9.97 Å². The first-order chi connectivity index (χ1) is 40.8. The minimum atomic E-state index is -0.963. The molecule has 8 aliphatic rings. The van der Waals surface area contributed by atoms with Crippen LogP contribution in [0, 0.1) is 19.8 Å². The number of H-pyrrole nitrogens is 2. The van der Waals surface area contributed by atoms with Crippen molar-refractivity contribution in [2.75, 3.05) is 0 Å². The van der Waals surface area contributed by atoms with Crippen LogP contribution in [0.15, 0.2) is 167 Å². The fourth-order valence-electron chi connectivity index (χ4n) is 12.4. The second-order valence-corrected chi connectivity index (χ2v) is 22.7. The minimum Gasteiger partial charge on any atom is -0.512 e. The van der Waals surface area contributed by atoms with Gasteiger partial charge in [0.25, 0.3) is 0 Å². The third-order valence-corrected chi connectivity index (χ3v) is 17.1. The van der Waals surface area contributed by atoms with E-state index in [4.69, 9.17) is 30.0 Å². The maximum atomic E-state index is 12.1.